The fourth-order valence-electron chi connectivity index (χ4n) is 3.43. The van der Waals surface area contributed by atoms with Gasteiger partial charge in [0, 0.05) is 44.9 Å². The first-order valence-corrected chi connectivity index (χ1v) is 8.16. The summed E-state index contributed by atoms with van der Waals surface area (Å²) < 4.78 is 16.7. The van der Waals surface area contributed by atoms with Crippen molar-refractivity contribution < 1.29 is 13.8 Å². The number of carbonyl (C=O) groups excluding carboxylic acids is 1. The van der Waals surface area contributed by atoms with E-state index in [2.05, 4.69) is 16.8 Å². The number of hydrogen-bond donors (Lipinski definition) is 1. The van der Waals surface area contributed by atoms with E-state index in [0.29, 0.717) is 11.3 Å². The third-order valence-corrected chi connectivity index (χ3v) is 4.89. The highest BCUT2D eigenvalue weighted by atomic mass is 19.1. The number of nitrogens with two attached hydrogens (primary N) is 1. The maximum atomic E-state index is 14.7. The average Bonchev–Trinajstić information content (AvgIpc) is 2.56. The molecule has 1 aliphatic carbocycles. The van der Waals surface area contributed by atoms with Crippen LogP contribution in [0.2, 0.25) is 0 Å². The number of rotatable bonds is 2. The molecule has 0 aromatic rings. The van der Waals surface area contributed by atoms with Crippen molar-refractivity contribution in [2.75, 3.05) is 39.8 Å². The number of nitrogens with zero attached hydrogens (tertiary/aromatic N) is 3. The van der Waals surface area contributed by atoms with Crippen molar-refractivity contribution >= 4 is 12.0 Å². The number of likely N-dealkylation sites (N-methyl/N-ethyl adjacent to an activating group) is 1. The number of fused-ring (bicyclic) bond motifs is 1. The molecular formula is C17H24FN4O+. The van der Waals surface area contributed by atoms with Crippen molar-refractivity contribution in [3.63, 3.8) is 0 Å². The first kappa shape index (κ1) is 15.9. The lowest BCUT2D eigenvalue weighted by Crippen LogP contribution is -2.45. The van der Waals surface area contributed by atoms with Crippen LogP contribution in [0, 0.1) is 5.92 Å². The Morgan fingerprint density at radius 2 is 2.09 bits per heavy atom. The standard InChI is InChI=1S/C17H23FN4O/c1-3-21-11-12(10-19)17(23)13-8-14(18)16(9-15(13)21)22-6-4-20(2)5-7-22/h9-11,13,19H,3-8H2,1-2H3/p+1. The summed E-state index contributed by atoms with van der Waals surface area (Å²) in [7, 11) is 2.08. The molecule has 1 fully saturated rings. The molecule has 0 amide bonds. The molecular weight excluding hydrogens is 295 g/mol. The predicted octanol–water partition coefficient (Wildman–Crippen LogP) is 0.847. The van der Waals surface area contributed by atoms with Crippen molar-refractivity contribution in [3.05, 3.63) is 35.1 Å². The Hall–Kier alpha value is -1.95. The third-order valence-electron chi connectivity index (χ3n) is 4.89. The minimum atomic E-state index is -0.453. The van der Waals surface area contributed by atoms with Gasteiger partial charge >= 0.3 is 0 Å². The molecule has 2 aliphatic heterocycles. The molecule has 23 heavy (non-hydrogen) atoms. The lowest BCUT2D eigenvalue weighted by molar-refractivity contribution is -0.476. The largest absolute Gasteiger partial charge is 0.404 e. The van der Waals surface area contributed by atoms with E-state index in [1.807, 2.05) is 17.6 Å². The first-order valence-electron chi connectivity index (χ1n) is 8.16. The van der Waals surface area contributed by atoms with E-state index >= 15 is 0 Å². The fraction of sp³-hybridized carbons (Fsp3) is 0.529. The maximum Gasteiger partial charge on any atom is 0.194 e. The number of carbonyl (C=O) groups is 1. The molecule has 2 heterocycles. The van der Waals surface area contributed by atoms with Crippen molar-refractivity contribution in [3.8, 4) is 0 Å². The van der Waals surface area contributed by atoms with Crippen LogP contribution in [0.3, 0.4) is 0 Å². The number of ketones is 1. The smallest absolute Gasteiger partial charge is 0.194 e. The molecule has 2 N–H and O–H groups in total. The second-order valence-corrected chi connectivity index (χ2v) is 6.31. The monoisotopic (exact) mass is 319 g/mol. The Kier molecular flexibility index (Phi) is 4.35. The van der Waals surface area contributed by atoms with Gasteiger partial charge in [0.2, 0.25) is 0 Å². The minimum absolute atomic E-state index is 0.0870. The predicted molar refractivity (Wildman–Crippen MR) is 87.5 cm³/mol. The molecule has 0 bridgehead atoms. The van der Waals surface area contributed by atoms with Gasteiger partial charge in [-0.15, -0.1) is 0 Å². The summed E-state index contributed by atoms with van der Waals surface area (Å²) >= 11 is 0. The highest BCUT2D eigenvalue weighted by Gasteiger charge is 2.41. The van der Waals surface area contributed by atoms with Gasteiger partial charge in [-0.3, -0.25) is 4.79 Å². The van der Waals surface area contributed by atoms with Gasteiger partial charge in [-0.25, -0.2) is 8.97 Å². The van der Waals surface area contributed by atoms with Gasteiger partial charge in [0.1, 0.15) is 18.3 Å². The molecule has 0 aromatic heterocycles. The summed E-state index contributed by atoms with van der Waals surface area (Å²) in [4.78, 5) is 16.8. The van der Waals surface area contributed by atoms with E-state index in [9.17, 15) is 9.18 Å². The molecule has 5 nitrogen and oxygen atoms in total. The molecule has 6 heteroatoms. The second kappa shape index (κ2) is 6.28. The minimum Gasteiger partial charge on any atom is -0.404 e. The molecule has 1 atom stereocenters. The first-order chi connectivity index (χ1) is 11.0. The number of hydrogen-bond acceptors (Lipinski definition) is 4. The van der Waals surface area contributed by atoms with Crippen LogP contribution >= 0.6 is 0 Å². The van der Waals surface area contributed by atoms with E-state index in [1.54, 1.807) is 6.21 Å². The van der Waals surface area contributed by atoms with Crippen LogP contribution in [-0.2, 0) is 4.79 Å². The summed E-state index contributed by atoms with van der Waals surface area (Å²) in [5, 5.41) is 0. The zero-order valence-electron chi connectivity index (χ0n) is 13.8. The lowest BCUT2D eigenvalue weighted by Gasteiger charge is -2.36. The average molecular weight is 319 g/mol. The number of halogens is 1. The van der Waals surface area contributed by atoms with Gasteiger partial charge in [0.05, 0.1) is 11.3 Å². The molecule has 0 spiro atoms. The molecule has 124 valence electrons. The van der Waals surface area contributed by atoms with Crippen LogP contribution in [0.5, 0.6) is 0 Å². The Labute approximate surface area is 136 Å². The van der Waals surface area contributed by atoms with Crippen molar-refractivity contribution in [2.45, 2.75) is 13.3 Å². The van der Waals surface area contributed by atoms with Gasteiger partial charge in [-0.2, -0.15) is 0 Å². The van der Waals surface area contributed by atoms with Crippen LogP contribution < -0.4 is 5.73 Å². The third kappa shape index (κ3) is 2.83. The zero-order valence-corrected chi connectivity index (χ0v) is 13.8. The topological polar surface area (TPSA) is 52.6 Å². The van der Waals surface area contributed by atoms with Crippen molar-refractivity contribution in [1.29, 1.82) is 0 Å². The van der Waals surface area contributed by atoms with E-state index in [-0.39, 0.29) is 18.0 Å². The summed E-state index contributed by atoms with van der Waals surface area (Å²) in [6.45, 7) is 6.21. The van der Waals surface area contributed by atoms with E-state index in [1.165, 1.54) is 6.20 Å². The Morgan fingerprint density at radius 3 is 2.70 bits per heavy atom. The zero-order chi connectivity index (χ0) is 16.6. The molecule has 0 aromatic carbocycles. The van der Waals surface area contributed by atoms with Gasteiger partial charge in [-0.1, -0.05) is 0 Å². The number of piperazine rings is 1. The van der Waals surface area contributed by atoms with Gasteiger partial charge in [0.25, 0.3) is 0 Å². The molecule has 1 unspecified atom stereocenters. The van der Waals surface area contributed by atoms with Crippen LogP contribution in [0.25, 0.3) is 0 Å². The van der Waals surface area contributed by atoms with Crippen molar-refractivity contribution in [1.82, 2.24) is 9.80 Å². The molecule has 0 saturated carbocycles. The fourth-order valence-corrected chi connectivity index (χ4v) is 3.43. The van der Waals surface area contributed by atoms with E-state index < -0.39 is 5.92 Å². The van der Waals surface area contributed by atoms with Crippen LogP contribution in [0.15, 0.2) is 35.1 Å². The van der Waals surface area contributed by atoms with Gasteiger partial charge in [-0.05, 0) is 14.0 Å². The Bertz CT molecular complexity index is 639. The summed E-state index contributed by atoms with van der Waals surface area (Å²) in [6, 6.07) is 0. The van der Waals surface area contributed by atoms with Crippen molar-refractivity contribution in [2.24, 2.45) is 11.7 Å². The van der Waals surface area contributed by atoms with Crippen LogP contribution in [-0.4, -0.2) is 66.1 Å². The quantitative estimate of drug-likeness (QED) is 0.605. The van der Waals surface area contributed by atoms with E-state index in [4.69, 9.17) is 5.73 Å². The SMILES string of the molecule is CC[N+]1=CC(=CN)C(=O)C2CC(F)=C(N3CCN(C)CC3)C=C21. The van der Waals surface area contributed by atoms with Gasteiger partial charge < -0.3 is 15.5 Å². The van der Waals surface area contributed by atoms with Gasteiger partial charge in [0.15, 0.2) is 17.7 Å². The molecule has 0 radical (unpaired) electrons. The van der Waals surface area contributed by atoms with Crippen LogP contribution in [0.1, 0.15) is 13.3 Å². The maximum absolute atomic E-state index is 14.7. The highest BCUT2D eigenvalue weighted by Crippen LogP contribution is 2.36. The molecule has 1 saturated heterocycles. The molecule has 3 aliphatic rings. The summed E-state index contributed by atoms with van der Waals surface area (Å²) in [5.41, 5.74) is 7.54. The highest BCUT2D eigenvalue weighted by molar-refractivity contribution is 6.15. The number of allylic oxidation sites excluding steroid dienone is 4. The summed E-state index contributed by atoms with van der Waals surface area (Å²) in [6.07, 6.45) is 5.09. The van der Waals surface area contributed by atoms with Crippen LogP contribution in [0.4, 0.5) is 4.39 Å². The lowest BCUT2D eigenvalue weighted by atomic mass is 9.84. The Balaban J connectivity index is 1.96. The normalized spacial score (nSPS) is 28.0. The summed E-state index contributed by atoms with van der Waals surface area (Å²) in [5.74, 6) is -0.729. The molecule has 3 rings (SSSR count). The van der Waals surface area contributed by atoms with E-state index in [0.717, 1.165) is 38.4 Å². The number of Topliss-reactive ketones (excluding diaryl/α,β-unsaturated/α-hetero) is 1. The Morgan fingerprint density at radius 1 is 1.39 bits per heavy atom. The second-order valence-electron chi connectivity index (χ2n) is 6.31.